The number of hydrogen-bond acceptors (Lipinski definition) is 3. The van der Waals surface area contributed by atoms with Crippen LogP contribution in [0, 0.1) is 5.82 Å². The summed E-state index contributed by atoms with van der Waals surface area (Å²) >= 11 is 4.61. The number of hydrogen-bond donors (Lipinski definition) is 2. The van der Waals surface area contributed by atoms with Gasteiger partial charge in [-0.25, -0.2) is 4.39 Å². The molecule has 2 rings (SSSR count). The summed E-state index contributed by atoms with van der Waals surface area (Å²) in [4.78, 5) is 0. The van der Waals surface area contributed by atoms with Crippen molar-refractivity contribution in [3.05, 3.63) is 29.1 Å². The first-order valence-corrected chi connectivity index (χ1v) is 5.61. The highest BCUT2D eigenvalue weighted by molar-refractivity contribution is 7.80. The number of rotatable bonds is 2. The second-order valence-corrected chi connectivity index (χ2v) is 4.11. The van der Waals surface area contributed by atoms with Crippen LogP contribution in [0.2, 0.25) is 0 Å². The maximum absolute atomic E-state index is 13.4. The quantitative estimate of drug-likeness (QED) is 0.474. The monoisotopic (exact) mass is 253 g/mol. The van der Waals surface area contributed by atoms with E-state index in [0.29, 0.717) is 17.9 Å². The van der Waals surface area contributed by atoms with Gasteiger partial charge >= 0.3 is 0 Å². The van der Waals surface area contributed by atoms with E-state index < -0.39 is 0 Å². The molecule has 0 radical (unpaired) electrons. The topological polar surface area (TPSA) is 59.6 Å². The molecule has 0 aliphatic carbocycles. The van der Waals surface area contributed by atoms with Gasteiger partial charge in [0.05, 0.1) is 12.8 Å². The van der Waals surface area contributed by atoms with Gasteiger partial charge in [0.25, 0.3) is 0 Å². The summed E-state index contributed by atoms with van der Waals surface area (Å²) in [5, 5.41) is 3.86. The van der Waals surface area contributed by atoms with Crippen molar-refractivity contribution in [2.75, 3.05) is 6.61 Å². The number of nitrogens with two attached hydrogens (primary N) is 1. The molecule has 0 amide bonds. The zero-order valence-electron chi connectivity index (χ0n) is 9.07. The fourth-order valence-electron chi connectivity index (χ4n) is 1.73. The third-order valence-electron chi connectivity index (χ3n) is 2.37. The van der Waals surface area contributed by atoms with Crippen molar-refractivity contribution in [2.45, 2.75) is 12.8 Å². The number of aryl methyl sites for hydroxylation is 1. The Labute approximate surface area is 104 Å². The first-order chi connectivity index (χ1) is 8.16. The zero-order chi connectivity index (χ0) is 12.3. The number of ether oxygens (including phenoxy) is 1. The van der Waals surface area contributed by atoms with E-state index in [1.54, 1.807) is 0 Å². The molecule has 1 aliphatic heterocycles. The van der Waals surface area contributed by atoms with Gasteiger partial charge in [-0.15, -0.1) is 0 Å². The summed E-state index contributed by atoms with van der Waals surface area (Å²) < 4.78 is 18.9. The molecule has 0 spiro atoms. The number of fused-ring (bicyclic) bond motifs is 1. The minimum absolute atomic E-state index is 0.0624. The minimum atomic E-state index is -0.300. The van der Waals surface area contributed by atoms with Crippen LogP contribution in [-0.2, 0) is 6.42 Å². The second kappa shape index (κ2) is 5.09. The van der Waals surface area contributed by atoms with Crippen LogP contribution in [-0.4, -0.2) is 17.9 Å². The third-order valence-corrected chi connectivity index (χ3v) is 2.47. The van der Waals surface area contributed by atoms with Gasteiger partial charge in [-0.05, 0) is 42.8 Å². The standard InChI is InChI=1S/C11H12FN3OS/c12-9-4-7-2-1-3-16-10(7)8(5-9)6-14-15-11(13)17/h4-6H,1-3H2,(H3,13,15,17). The Balaban J connectivity index is 2.29. The molecule has 90 valence electrons. The second-order valence-electron chi connectivity index (χ2n) is 3.67. The zero-order valence-corrected chi connectivity index (χ0v) is 9.89. The van der Waals surface area contributed by atoms with E-state index in [4.69, 9.17) is 10.5 Å². The van der Waals surface area contributed by atoms with Crippen LogP contribution in [0.3, 0.4) is 0 Å². The van der Waals surface area contributed by atoms with Crippen LogP contribution in [0.5, 0.6) is 5.75 Å². The van der Waals surface area contributed by atoms with Crippen molar-refractivity contribution in [2.24, 2.45) is 10.8 Å². The molecular weight excluding hydrogens is 241 g/mol. The summed E-state index contributed by atoms with van der Waals surface area (Å²) in [6, 6.07) is 2.86. The first kappa shape index (κ1) is 11.8. The van der Waals surface area contributed by atoms with Gasteiger partial charge in [-0.2, -0.15) is 5.10 Å². The van der Waals surface area contributed by atoms with Gasteiger partial charge in [0.1, 0.15) is 11.6 Å². The lowest BCUT2D eigenvalue weighted by Gasteiger charge is -2.19. The van der Waals surface area contributed by atoms with Gasteiger partial charge in [-0.3, -0.25) is 5.43 Å². The molecule has 0 bridgehead atoms. The largest absolute Gasteiger partial charge is 0.493 e. The summed E-state index contributed by atoms with van der Waals surface area (Å²) in [7, 11) is 0. The molecule has 1 aromatic rings. The number of nitrogens with zero attached hydrogens (tertiary/aromatic N) is 1. The average molecular weight is 253 g/mol. The Morgan fingerprint density at radius 1 is 1.59 bits per heavy atom. The van der Waals surface area contributed by atoms with E-state index >= 15 is 0 Å². The molecule has 4 nitrogen and oxygen atoms in total. The smallest absolute Gasteiger partial charge is 0.184 e. The molecule has 6 heteroatoms. The number of benzene rings is 1. The van der Waals surface area contributed by atoms with Crippen molar-refractivity contribution in [1.29, 1.82) is 0 Å². The number of nitrogens with one attached hydrogen (secondary N) is 1. The average Bonchev–Trinajstić information content (AvgIpc) is 2.28. The number of halogens is 1. The Hall–Kier alpha value is -1.69. The highest BCUT2D eigenvalue weighted by Crippen LogP contribution is 2.28. The maximum Gasteiger partial charge on any atom is 0.184 e. The predicted molar refractivity (Wildman–Crippen MR) is 67.7 cm³/mol. The normalized spacial score (nSPS) is 14.2. The Kier molecular flexibility index (Phi) is 3.53. The van der Waals surface area contributed by atoms with E-state index in [-0.39, 0.29) is 10.9 Å². The van der Waals surface area contributed by atoms with Crippen LogP contribution in [0.1, 0.15) is 17.5 Å². The predicted octanol–water partition coefficient (Wildman–Crippen LogP) is 1.32. The molecule has 0 atom stereocenters. The van der Waals surface area contributed by atoms with Gasteiger partial charge in [-0.1, -0.05) is 0 Å². The Morgan fingerprint density at radius 2 is 2.41 bits per heavy atom. The molecule has 1 heterocycles. The van der Waals surface area contributed by atoms with Gasteiger partial charge in [0.2, 0.25) is 0 Å². The van der Waals surface area contributed by atoms with Gasteiger partial charge in [0.15, 0.2) is 5.11 Å². The molecule has 17 heavy (non-hydrogen) atoms. The minimum Gasteiger partial charge on any atom is -0.493 e. The van der Waals surface area contributed by atoms with Gasteiger partial charge < -0.3 is 10.5 Å². The van der Waals surface area contributed by atoms with Gasteiger partial charge in [0, 0.05) is 5.56 Å². The first-order valence-electron chi connectivity index (χ1n) is 5.20. The van der Waals surface area contributed by atoms with E-state index in [2.05, 4.69) is 22.7 Å². The lowest BCUT2D eigenvalue weighted by atomic mass is 10.0. The van der Waals surface area contributed by atoms with E-state index in [9.17, 15) is 4.39 Å². The molecule has 0 aromatic heterocycles. The molecule has 0 unspecified atom stereocenters. The molecule has 0 fully saturated rings. The summed E-state index contributed by atoms with van der Waals surface area (Å²) in [6.07, 6.45) is 3.17. The SMILES string of the molecule is NC(=S)NN=Cc1cc(F)cc2c1OCCC2. The highest BCUT2D eigenvalue weighted by Gasteiger charge is 2.15. The molecule has 1 aliphatic rings. The fourth-order valence-corrected chi connectivity index (χ4v) is 1.79. The van der Waals surface area contributed by atoms with E-state index in [0.717, 1.165) is 18.4 Å². The van der Waals surface area contributed by atoms with Crippen molar-refractivity contribution < 1.29 is 9.13 Å². The highest BCUT2D eigenvalue weighted by atomic mass is 32.1. The molecular formula is C11H12FN3OS. The van der Waals surface area contributed by atoms with Crippen LogP contribution in [0.15, 0.2) is 17.2 Å². The van der Waals surface area contributed by atoms with Crippen molar-refractivity contribution in [1.82, 2.24) is 5.43 Å². The van der Waals surface area contributed by atoms with Crippen molar-refractivity contribution >= 4 is 23.5 Å². The lowest BCUT2D eigenvalue weighted by molar-refractivity contribution is 0.287. The molecule has 0 saturated carbocycles. The van der Waals surface area contributed by atoms with Crippen LogP contribution in [0.25, 0.3) is 0 Å². The molecule has 3 N–H and O–H groups in total. The van der Waals surface area contributed by atoms with Crippen LogP contribution >= 0.6 is 12.2 Å². The summed E-state index contributed by atoms with van der Waals surface area (Å²) in [6.45, 7) is 0.641. The van der Waals surface area contributed by atoms with Crippen LogP contribution < -0.4 is 15.9 Å². The molecule has 1 aromatic carbocycles. The van der Waals surface area contributed by atoms with Crippen LogP contribution in [0.4, 0.5) is 4.39 Å². The summed E-state index contributed by atoms with van der Waals surface area (Å²) in [5.41, 5.74) is 9.10. The van der Waals surface area contributed by atoms with Crippen molar-refractivity contribution in [3.8, 4) is 5.75 Å². The lowest BCUT2D eigenvalue weighted by Crippen LogP contribution is -2.24. The Bertz CT molecular complexity index is 476. The maximum atomic E-state index is 13.4. The van der Waals surface area contributed by atoms with E-state index in [1.807, 2.05) is 0 Å². The number of hydrazone groups is 1. The van der Waals surface area contributed by atoms with Crippen molar-refractivity contribution in [3.63, 3.8) is 0 Å². The molecule has 0 saturated heterocycles. The number of thiocarbonyl (C=S) groups is 1. The fraction of sp³-hybridized carbons (Fsp3) is 0.273. The Morgan fingerprint density at radius 3 is 3.18 bits per heavy atom. The van der Waals surface area contributed by atoms with E-state index in [1.165, 1.54) is 18.3 Å². The third kappa shape index (κ3) is 2.91. The summed E-state index contributed by atoms with van der Waals surface area (Å²) in [5.74, 6) is 0.386.